The molecule has 0 aliphatic rings. The molecule has 0 aliphatic heterocycles. The van der Waals surface area contributed by atoms with Gasteiger partial charge >= 0.3 is 5.97 Å². The van der Waals surface area contributed by atoms with E-state index in [-0.39, 0.29) is 30.0 Å². The van der Waals surface area contributed by atoms with Gasteiger partial charge in [-0.2, -0.15) is 0 Å². The molecule has 0 fully saturated rings. The first kappa shape index (κ1) is 24.3. The van der Waals surface area contributed by atoms with Gasteiger partial charge in [-0.1, -0.05) is 66.2 Å². The van der Waals surface area contributed by atoms with Crippen molar-refractivity contribution in [3.63, 3.8) is 0 Å². The summed E-state index contributed by atoms with van der Waals surface area (Å²) in [5.74, 6) is -1.69. The summed E-state index contributed by atoms with van der Waals surface area (Å²) in [4.78, 5) is 48.7. The maximum atomic E-state index is 13.0. The molecule has 0 aromatic heterocycles. The zero-order valence-electron chi connectivity index (χ0n) is 18.8. The second-order valence-electron chi connectivity index (χ2n) is 7.84. The molecule has 0 radical (unpaired) electrons. The van der Waals surface area contributed by atoms with Crippen LogP contribution >= 0.6 is 0 Å². The molecule has 0 aliphatic carbocycles. The van der Waals surface area contributed by atoms with Gasteiger partial charge in [0.1, 0.15) is 5.69 Å². The van der Waals surface area contributed by atoms with E-state index < -0.39 is 22.9 Å². The van der Waals surface area contributed by atoms with Crippen LogP contribution in [0.5, 0.6) is 0 Å². The molecule has 8 nitrogen and oxygen atoms in total. The fraction of sp³-hybridized carbons (Fsp3) is 0.192. The van der Waals surface area contributed by atoms with E-state index in [1.807, 2.05) is 19.1 Å². The number of esters is 1. The summed E-state index contributed by atoms with van der Waals surface area (Å²) in [6, 6.07) is 19.7. The Morgan fingerprint density at radius 1 is 0.912 bits per heavy atom. The molecule has 0 spiro atoms. The Hall–Kier alpha value is -4.33. The van der Waals surface area contributed by atoms with Crippen molar-refractivity contribution < 1.29 is 24.0 Å². The number of carbonyl (C=O) groups excluding carboxylic acids is 3. The lowest BCUT2D eigenvalue weighted by Gasteiger charge is -2.18. The van der Waals surface area contributed by atoms with E-state index in [4.69, 9.17) is 4.74 Å². The molecule has 1 unspecified atom stereocenters. The van der Waals surface area contributed by atoms with E-state index in [2.05, 4.69) is 5.32 Å². The van der Waals surface area contributed by atoms with Gasteiger partial charge in [-0.25, -0.2) is 0 Å². The third-order valence-electron chi connectivity index (χ3n) is 5.13. The number of ether oxygens (including phenoxy) is 1. The van der Waals surface area contributed by atoms with Crippen molar-refractivity contribution in [2.75, 3.05) is 5.32 Å². The van der Waals surface area contributed by atoms with Crippen molar-refractivity contribution in [2.24, 2.45) is 0 Å². The van der Waals surface area contributed by atoms with Crippen LogP contribution in [0.25, 0.3) is 0 Å². The van der Waals surface area contributed by atoms with Crippen molar-refractivity contribution >= 4 is 29.0 Å². The standard InChI is InChI=1S/C26H24N2O6/c1-17-8-11-19(12-9-17)23(29)14-15-24(30)34-25(20-6-4-3-5-7-20)26(31)27-21-13-10-18(2)16-22(21)28(32)33/h3-13,16,25H,14-15H2,1-2H3,(H,27,31). The number of carbonyl (C=O) groups is 3. The molecule has 0 bridgehead atoms. The smallest absolute Gasteiger partial charge is 0.307 e. The molecular formula is C26H24N2O6. The number of hydrogen-bond donors (Lipinski definition) is 1. The molecular weight excluding hydrogens is 436 g/mol. The highest BCUT2D eigenvalue weighted by Gasteiger charge is 2.27. The van der Waals surface area contributed by atoms with Gasteiger partial charge in [0.15, 0.2) is 5.78 Å². The SMILES string of the molecule is Cc1ccc(C(=O)CCC(=O)OC(C(=O)Nc2ccc(C)cc2[N+](=O)[O-])c2ccccc2)cc1. The topological polar surface area (TPSA) is 116 Å². The van der Waals surface area contributed by atoms with Gasteiger partial charge in [-0.05, 0) is 25.5 Å². The summed E-state index contributed by atoms with van der Waals surface area (Å²) >= 11 is 0. The molecule has 1 atom stereocenters. The van der Waals surface area contributed by atoms with Crippen molar-refractivity contribution in [2.45, 2.75) is 32.8 Å². The van der Waals surface area contributed by atoms with Crippen LogP contribution in [0.4, 0.5) is 11.4 Å². The number of amides is 1. The Bertz CT molecular complexity index is 1210. The molecule has 1 amide bonds. The number of ketones is 1. The number of benzene rings is 3. The Kier molecular flexibility index (Phi) is 7.87. The molecule has 3 rings (SSSR count). The average Bonchev–Trinajstić information content (AvgIpc) is 2.83. The minimum absolute atomic E-state index is 0.00729. The van der Waals surface area contributed by atoms with Crippen LogP contribution in [0.3, 0.4) is 0 Å². The second kappa shape index (κ2) is 11.0. The Balaban J connectivity index is 1.73. The van der Waals surface area contributed by atoms with E-state index in [9.17, 15) is 24.5 Å². The van der Waals surface area contributed by atoms with Crippen LogP contribution in [0.1, 0.15) is 46.0 Å². The number of nitrogens with zero attached hydrogens (tertiary/aromatic N) is 1. The molecule has 0 saturated heterocycles. The minimum Gasteiger partial charge on any atom is -0.447 e. The summed E-state index contributed by atoms with van der Waals surface area (Å²) in [5, 5.41) is 13.9. The lowest BCUT2D eigenvalue weighted by atomic mass is 10.0. The van der Waals surface area contributed by atoms with Gasteiger partial charge < -0.3 is 10.1 Å². The van der Waals surface area contributed by atoms with Crippen molar-refractivity contribution in [3.05, 3.63) is 105 Å². The number of nitro benzene ring substituents is 1. The average molecular weight is 460 g/mol. The number of Topliss-reactive ketones (excluding diaryl/α,β-unsaturated/α-hetero) is 1. The van der Waals surface area contributed by atoms with Crippen molar-refractivity contribution in [3.8, 4) is 0 Å². The monoisotopic (exact) mass is 460 g/mol. The van der Waals surface area contributed by atoms with Gasteiger partial charge in [-0.15, -0.1) is 0 Å². The fourth-order valence-corrected chi connectivity index (χ4v) is 3.29. The number of aryl methyl sites for hydroxylation is 2. The number of nitro groups is 1. The van der Waals surface area contributed by atoms with Gasteiger partial charge in [0, 0.05) is 23.6 Å². The lowest BCUT2D eigenvalue weighted by Crippen LogP contribution is -2.26. The van der Waals surface area contributed by atoms with Crippen LogP contribution in [0.15, 0.2) is 72.8 Å². The molecule has 8 heteroatoms. The first-order chi connectivity index (χ1) is 16.2. The molecule has 0 saturated carbocycles. The Morgan fingerprint density at radius 3 is 2.21 bits per heavy atom. The highest BCUT2D eigenvalue weighted by Crippen LogP contribution is 2.28. The summed E-state index contributed by atoms with van der Waals surface area (Å²) < 4.78 is 5.43. The van der Waals surface area contributed by atoms with E-state index in [1.54, 1.807) is 55.5 Å². The minimum atomic E-state index is -1.34. The maximum Gasteiger partial charge on any atom is 0.307 e. The van der Waals surface area contributed by atoms with Crippen LogP contribution in [0.2, 0.25) is 0 Å². The molecule has 0 heterocycles. The van der Waals surface area contributed by atoms with Gasteiger partial charge in [-0.3, -0.25) is 24.5 Å². The highest BCUT2D eigenvalue weighted by molar-refractivity contribution is 5.99. The lowest BCUT2D eigenvalue weighted by molar-refractivity contribution is -0.384. The summed E-state index contributed by atoms with van der Waals surface area (Å²) in [5.41, 5.74) is 2.29. The first-order valence-corrected chi connectivity index (χ1v) is 10.6. The Morgan fingerprint density at radius 2 is 1.56 bits per heavy atom. The van der Waals surface area contributed by atoms with Crippen LogP contribution in [-0.2, 0) is 14.3 Å². The maximum absolute atomic E-state index is 13.0. The third kappa shape index (κ3) is 6.35. The predicted octanol–water partition coefficient (Wildman–Crippen LogP) is 5.10. The molecule has 3 aromatic rings. The molecule has 174 valence electrons. The number of anilines is 1. The summed E-state index contributed by atoms with van der Waals surface area (Å²) in [7, 11) is 0. The molecule has 1 N–H and O–H groups in total. The van der Waals surface area contributed by atoms with Crippen LogP contribution < -0.4 is 5.32 Å². The van der Waals surface area contributed by atoms with Crippen molar-refractivity contribution in [1.82, 2.24) is 0 Å². The third-order valence-corrected chi connectivity index (χ3v) is 5.13. The van der Waals surface area contributed by atoms with Gasteiger partial charge in [0.2, 0.25) is 6.10 Å². The number of nitrogens with one attached hydrogen (secondary N) is 1. The van der Waals surface area contributed by atoms with E-state index in [0.717, 1.165) is 5.56 Å². The van der Waals surface area contributed by atoms with E-state index in [0.29, 0.717) is 16.7 Å². The zero-order valence-corrected chi connectivity index (χ0v) is 18.8. The summed E-state index contributed by atoms with van der Waals surface area (Å²) in [6.07, 6.45) is -1.63. The van der Waals surface area contributed by atoms with E-state index >= 15 is 0 Å². The van der Waals surface area contributed by atoms with Crippen molar-refractivity contribution in [1.29, 1.82) is 0 Å². The molecule has 34 heavy (non-hydrogen) atoms. The predicted molar refractivity (Wildman–Crippen MR) is 126 cm³/mol. The van der Waals surface area contributed by atoms with E-state index in [1.165, 1.54) is 12.1 Å². The normalized spacial score (nSPS) is 11.4. The van der Waals surface area contributed by atoms with Crippen LogP contribution in [-0.4, -0.2) is 22.6 Å². The Labute approximate surface area is 196 Å². The first-order valence-electron chi connectivity index (χ1n) is 10.6. The van der Waals surface area contributed by atoms with Crippen LogP contribution in [0, 0.1) is 24.0 Å². The zero-order chi connectivity index (χ0) is 24.7. The quantitative estimate of drug-likeness (QED) is 0.206. The largest absolute Gasteiger partial charge is 0.447 e. The van der Waals surface area contributed by atoms with Gasteiger partial charge in [0.05, 0.1) is 11.3 Å². The number of rotatable bonds is 9. The second-order valence-corrected chi connectivity index (χ2v) is 7.84. The fourth-order valence-electron chi connectivity index (χ4n) is 3.29. The highest BCUT2D eigenvalue weighted by atomic mass is 16.6. The summed E-state index contributed by atoms with van der Waals surface area (Å²) in [6.45, 7) is 3.61. The number of hydrogen-bond acceptors (Lipinski definition) is 6. The van der Waals surface area contributed by atoms with Gasteiger partial charge in [0.25, 0.3) is 11.6 Å². The molecule has 3 aromatic carbocycles.